The van der Waals surface area contributed by atoms with Crippen LogP contribution in [-0.2, 0) is 18.4 Å². The lowest BCUT2D eigenvalue weighted by Crippen LogP contribution is -2.33. The second-order valence-corrected chi connectivity index (χ2v) is 11.6. The van der Waals surface area contributed by atoms with Crippen molar-refractivity contribution in [3.63, 3.8) is 0 Å². The number of amides is 1. The standard InChI is InChI=1S/C32H35ClN2O2/c1-32(2,3)25-12-8-21(9-13-25)20-35(31(36)28-19-26(33)18-24-14-16-34-29(24)28)17-15-23-6-5-7-27(22-10-11-22)30(23)37-4/h5-9,12-14,16,18-19,22,34H,10-11,15,17,20H2,1-4H3. The number of carbonyl (C=O) groups is 1. The average Bonchev–Trinajstić information content (AvgIpc) is 3.62. The molecule has 4 aromatic rings. The van der Waals surface area contributed by atoms with E-state index in [2.05, 4.69) is 68.2 Å². The molecular weight excluding hydrogens is 480 g/mol. The van der Waals surface area contributed by atoms with Gasteiger partial charge in [-0.1, -0.05) is 74.8 Å². The van der Waals surface area contributed by atoms with E-state index in [1.165, 1.54) is 24.0 Å². The fourth-order valence-electron chi connectivity index (χ4n) is 5.08. The van der Waals surface area contributed by atoms with Crippen molar-refractivity contribution in [1.29, 1.82) is 0 Å². The molecule has 1 aliphatic carbocycles. The highest BCUT2D eigenvalue weighted by atomic mass is 35.5. The van der Waals surface area contributed by atoms with Gasteiger partial charge in [-0.05, 0) is 71.0 Å². The number of aromatic nitrogens is 1. The first-order chi connectivity index (χ1) is 17.7. The van der Waals surface area contributed by atoms with Crippen molar-refractivity contribution < 1.29 is 9.53 Å². The van der Waals surface area contributed by atoms with Crippen LogP contribution >= 0.6 is 11.6 Å². The number of fused-ring (bicyclic) bond motifs is 1. The molecule has 5 heteroatoms. The Balaban J connectivity index is 1.46. The van der Waals surface area contributed by atoms with Crippen molar-refractivity contribution in [2.75, 3.05) is 13.7 Å². The summed E-state index contributed by atoms with van der Waals surface area (Å²) in [5.74, 6) is 1.54. The molecule has 1 aliphatic rings. The van der Waals surface area contributed by atoms with Gasteiger partial charge in [-0.2, -0.15) is 0 Å². The molecule has 37 heavy (non-hydrogen) atoms. The van der Waals surface area contributed by atoms with Crippen LogP contribution in [-0.4, -0.2) is 29.4 Å². The van der Waals surface area contributed by atoms with Gasteiger partial charge in [-0.25, -0.2) is 0 Å². The number of para-hydroxylation sites is 1. The molecule has 1 saturated carbocycles. The molecule has 1 aromatic heterocycles. The van der Waals surface area contributed by atoms with Crippen molar-refractivity contribution >= 4 is 28.4 Å². The summed E-state index contributed by atoms with van der Waals surface area (Å²) < 4.78 is 5.86. The highest BCUT2D eigenvalue weighted by molar-refractivity contribution is 6.32. The van der Waals surface area contributed by atoms with Crippen LogP contribution in [0.2, 0.25) is 5.02 Å². The first-order valence-electron chi connectivity index (χ1n) is 13.1. The number of halogens is 1. The predicted octanol–water partition coefficient (Wildman–Crippen LogP) is 7.89. The fraction of sp³-hybridized carbons (Fsp3) is 0.344. The first-order valence-corrected chi connectivity index (χ1v) is 13.4. The third kappa shape index (κ3) is 5.55. The molecule has 1 amide bonds. The number of benzene rings is 3. The Morgan fingerprint density at radius 2 is 1.84 bits per heavy atom. The van der Waals surface area contributed by atoms with Gasteiger partial charge in [0, 0.05) is 29.7 Å². The van der Waals surface area contributed by atoms with Crippen LogP contribution in [0.25, 0.3) is 10.9 Å². The number of ether oxygens (including phenoxy) is 1. The van der Waals surface area contributed by atoms with Crippen LogP contribution in [0.1, 0.15) is 72.1 Å². The summed E-state index contributed by atoms with van der Waals surface area (Å²) in [7, 11) is 1.75. The van der Waals surface area contributed by atoms with Gasteiger partial charge in [-0.15, -0.1) is 0 Å². The Hall–Kier alpha value is -3.24. The van der Waals surface area contributed by atoms with Crippen molar-refractivity contribution in [1.82, 2.24) is 9.88 Å². The number of aromatic amines is 1. The molecule has 1 heterocycles. The SMILES string of the molecule is COc1c(CCN(Cc2ccc(C(C)(C)C)cc2)C(=O)c2cc(Cl)cc3cc[nH]c23)cccc1C1CC1. The number of H-pyrrole nitrogens is 1. The maximum absolute atomic E-state index is 14.0. The summed E-state index contributed by atoms with van der Waals surface area (Å²) >= 11 is 6.41. The molecule has 0 unspecified atom stereocenters. The zero-order valence-electron chi connectivity index (χ0n) is 22.1. The zero-order valence-corrected chi connectivity index (χ0v) is 22.9. The largest absolute Gasteiger partial charge is 0.496 e. The Morgan fingerprint density at radius 3 is 2.51 bits per heavy atom. The molecule has 4 nitrogen and oxygen atoms in total. The lowest BCUT2D eigenvalue weighted by molar-refractivity contribution is 0.0746. The van der Waals surface area contributed by atoms with Gasteiger partial charge in [-0.3, -0.25) is 4.79 Å². The van der Waals surface area contributed by atoms with E-state index in [-0.39, 0.29) is 11.3 Å². The number of nitrogens with zero attached hydrogens (tertiary/aromatic N) is 1. The third-order valence-electron chi connectivity index (χ3n) is 7.33. The minimum Gasteiger partial charge on any atom is -0.496 e. The lowest BCUT2D eigenvalue weighted by atomic mass is 9.87. The normalized spacial score (nSPS) is 13.6. The van der Waals surface area contributed by atoms with E-state index in [0.717, 1.165) is 27.8 Å². The zero-order chi connectivity index (χ0) is 26.2. The van der Waals surface area contributed by atoms with Crippen molar-refractivity contribution in [3.8, 4) is 5.75 Å². The molecule has 3 aromatic carbocycles. The molecule has 1 N–H and O–H groups in total. The van der Waals surface area contributed by atoms with Gasteiger partial charge in [0.1, 0.15) is 5.75 Å². The maximum Gasteiger partial charge on any atom is 0.256 e. The van der Waals surface area contributed by atoms with E-state index in [0.29, 0.717) is 36.0 Å². The van der Waals surface area contributed by atoms with E-state index in [1.807, 2.05) is 23.2 Å². The fourth-order valence-corrected chi connectivity index (χ4v) is 5.31. The first kappa shape index (κ1) is 25.4. The smallest absolute Gasteiger partial charge is 0.256 e. The number of hydrogen-bond donors (Lipinski definition) is 1. The van der Waals surface area contributed by atoms with E-state index in [4.69, 9.17) is 16.3 Å². The number of carbonyl (C=O) groups excluding carboxylic acids is 1. The molecule has 5 rings (SSSR count). The van der Waals surface area contributed by atoms with Gasteiger partial charge in [0.15, 0.2) is 0 Å². The van der Waals surface area contributed by atoms with Crippen LogP contribution < -0.4 is 4.74 Å². The topological polar surface area (TPSA) is 45.3 Å². The van der Waals surface area contributed by atoms with Crippen LogP contribution in [0, 0.1) is 0 Å². The molecular formula is C32H35ClN2O2. The molecule has 0 spiro atoms. The highest BCUT2D eigenvalue weighted by Crippen LogP contribution is 2.45. The van der Waals surface area contributed by atoms with Gasteiger partial charge in [0.05, 0.1) is 18.2 Å². The van der Waals surface area contributed by atoms with Crippen molar-refractivity contribution in [2.24, 2.45) is 0 Å². The predicted molar refractivity (Wildman–Crippen MR) is 152 cm³/mol. The molecule has 192 valence electrons. The van der Waals surface area contributed by atoms with Crippen LogP contribution in [0.5, 0.6) is 5.75 Å². The minimum absolute atomic E-state index is 0.0350. The Morgan fingerprint density at radius 1 is 1.08 bits per heavy atom. The molecule has 0 bridgehead atoms. The van der Waals surface area contributed by atoms with Gasteiger partial charge < -0.3 is 14.6 Å². The molecule has 1 fully saturated rings. The van der Waals surface area contributed by atoms with Gasteiger partial charge in [0.25, 0.3) is 5.91 Å². The molecule has 0 radical (unpaired) electrons. The Kier molecular flexibility index (Phi) is 7.04. The summed E-state index contributed by atoms with van der Waals surface area (Å²) in [5.41, 5.74) is 6.30. The second-order valence-electron chi connectivity index (χ2n) is 11.1. The number of rotatable bonds is 8. The van der Waals surface area contributed by atoms with Crippen LogP contribution in [0.3, 0.4) is 0 Å². The summed E-state index contributed by atoms with van der Waals surface area (Å²) in [6.45, 7) is 7.72. The number of nitrogens with one attached hydrogen (secondary N) is 1. The quantitative estimate of drug-likeness (QED) is 0.260. The van der Waals surface area contributed by atoms with Crippen LogP contribution in [0.4, 0.5) is 0 Å². The Bertz CT molecular complexity index is 1410. The molecule has 0 saturated heterocycles. The highest BCUT2D eigenvalue weighted by Gasteiger charge is 2.28. The lowest BCUT2D eigenvalue weighted by Gasteiger charge is -2.25. The maximum atomic E-state index is 14.0. The van der Waals surface area contributed by atoms with E-state index < -0.39 is 0 Å². The summed E-state index contributed by atoms with van der Waals surface area (Å²) in [6.07, 6.45) is 5.00. The number of hydrogen-bond acceptors (Lipinski definition) is 2. The monoisotopic (exact) mass is 514 g/mol. The summed E-state index contributed by atoms with van der Waals surface area (Å²) in [4.78, 5) is 19.2. The third-order valence-corrected chi connectivity index (χ3v) is 7.55. The van der Waals surface area contributed by atoms with Crippen molar-refractivity contribution in [3.05, 3.63) is 99.7 Å². The second kappa shape index (κ2) is 10.3. The Labute approximate surface area is 224 Å². The number of methoxy groups -OCH3 is 1. The minimum atomic E-state index is -0.0350. The van der Waals surface area contributed by atoms with E-state index in [9.17, 15) is 4.79 Å². The summed E-state index contributed by atoms with van der Waals surface area (Å²) in [6, 6.07) is 20.6. The van der Waals surface area contributed by atoms with Crippen molar-refractivity contribution in [2.45, 2.75) is 57.9 Å². The van der Waals surface area contributed by atoms with Gasteiger partial charge in [0.2, 0.25) is 0 Å². The van der Waals surface area contributed by atoms with Crippen LogP contribution in [0.15, 0.2) is 66.9 Å². The summed E-state index contributed by atoms with van der Waals surface area (Å²) in [5, 5.41) is 1.49. The van der Waals surface area contributed by atoms with Gasteiger partial charge >= 0.3 is 0 Å². The molecule has 0 atom stereocenters. The average molecular weight is 515 g/mol. The van der Waals surface area contributed by atoms with E-state index >= 15 is 0 Å². The van der Waals surface area contributed by atoms with E-state index in [1.54, 1.807) is 13.2 Å². The molecule has 0 aliphatic heterocycles.